The van der Waals surface area contributed by atoms with Crippen molar-refractivity contribution in [2.45, 2.75) is 102 Å². The zero-order valence-electron chi connectivity index (χ0n) is 19.4. The van der Waals surface area contributed by atoms with E-state index in [2.05, 4.69) is 23.5 Å². The minimum absolute atomic E-state index is 0.0856. The van der Waals surface area contributed by atoms with Crippen molar-refractivity contribution >= 4 is 0 Å². The molecule has 4 aliphatic carbocycles. The zero-order valence-corrected chi connectivity index (χ0v) is 19.4. The van der Waals surface area contributed by atoms with Crippen LogP contribution in [0.2, 0.25) is 0 Å². The Morgan fingerprint density at radius 1 is 0.909 bits per heavy atom. The molecule has 0 aromatic heterocycles. The van der Waals surface area contributed by atoms with Gasteiger partial charge in [0.1, 0.15) is 11.9 Å². The summed E-state index contributed by atoms with van der Waals surface area (Å²) in [6, 6.07) is 0.473. The molecule has 6 unspecified atom stereocenters. The number of hydrogen-bond acceptors (Lipinski definition) is 2. The Morgan fingerprint density at radius 2 is 1.79 bits per heavy atom. The molecular weight excluding hydrogens is 423 g/mol. The van der Waals surface area contributed by atoms with Gasteiger partial charge in [0, 0.05) is 23.6 Å². The van der Waals surface area contributed by atoms with Crippen molar-refractivity contribution in [3.63, 3.8) is 0 Å². The first-order chi connectivity index (χ1) is 16.0. The van der Waals surface area contributed by atoms with Crippen molar-refractivity contribution in [3.05, 3.63) is 46.4 Å². The Labute approximate surface area is 195 Å². The molecule has 0 saturated carbocycles. The number of fused-ring (bicyclic) bond motifs is 2. The molecule has 6 atom stereocenters. The van der Waals surface area contributed by atoms with Crippen molar-refractivity contribution < 1.29 is 17.9 Å². The van der Waals surface area contributed by atoms with Crippen LogP contribution in [0.15, 0.2) is 46.4 Å². The molecule has 0 aromatic rings. The lowest BCUT2D eigenvalue weighted by Gasteiger charge is -2.38. The molecule has 0 fully saturated rings. The van der Waals surface area contributed by atoms with Crippen LogP contribution in [0, 0.1) is 23.7 Å². The first kappa shape index (κ1) is 21.9. The highest BCUT2D eigenvalue weighted by Crippen LogP contribution is 2.51. The smallest absolute Gasteiger partial charge is 0.392 e. The van der Waals surface area contributed by atoms with Crippen LogP contribution in [0.4, 0.5) is 13.2 Å². The maximum Gasteiger partial charge on any atom is 0.392 e. The van der Waals surface area contributed by atoms with Crippen LogP contribution in [-0.2, 0) is 4.74 Å². The van der Waals surface area contributed by atoms with Gasteiger partial charge in [-0.1, -0.05) is 23.3 Å². The number of rotatable bonds is 2. The fourth-order valence-corrected chi connectivity index (χ4v) is 7.53. The second kappa shape index (κ2) is 8.53. The Morgan fingerprint density at radius 3 is 2.67 bits per heavy atom. The van der Waals surface area contributed by atoms with Gasteiger partial charge in [0.2, 0.25) is 0 Å². The standard InChI is InChI=1S/C28H36F3NO/c29-28(30,31)20-7-3-6-18(15-20)19-12-14-26-23(16-19)21-8-4-9-22(27(21)33-26)25-13-11-17-5-1-2-10-24(17)32-25/h6,12,14,19-20,22-23,25-26,32H,1-5,7-11,13,15-16H2. The highest BCUT2D eigenvalue weighted by Gasteiger charge is 2.46. The summed E-state index contributed by atoms with van der Waals surface area (Å²) >= 11 is 0. The van der Waals surface area contributed by atoms with E-state index in [0.717, 1.165) is 18.4 Å². The fourth-order valence-electron chi connectivity index (χ4n) is 7.53. The Hall–Kier alpha value is -1.65. The Balaban J connectivity index is 1.19. The van der Waals surface area contributed by atoms with Crippen molar-refractivity contribution in [3.8, 4) is 0 Å². The molecule has 0 spiro atoms. The third-order valence-electron chi connectivity index (χ3n) is 9.29. The van der Waals surface area contributed by atoms with E-state index >= 15 is 0 Å². The van der Waals surface area contributed by atoms with Crippen LogP contribution >= 0.6 is 0 Å². The molecule has 5 heteroatoms. The molecule has 0 amide bonds. The monoisotopic (exact) mass is 459 g/mol. The number of allylic oxidation sites excluding steroid dienone is 5. The van der Waals surface area contributed by atoms with Gasteiger partial charge in [-0.2, -0.15) is 13.2 Å². The maximum atomic E-state index is 13.4. The van der Waals surface area contributed by atoms with Crippen molar-refractivity contribution in [2.75, 3.05) is 0 Å². The van der Waals surface area contributed by atoms with E-state index in [1.807, 2.05) is 0 Å². The van der Waals surface area contributed by atoms with E-state index in [0.29, 0.717) is 24.3 Å². The van der Waals surface area contributed by atoms with Gasteiger partial charge < -0.3 is 10.1 Å². The van der Waals surface area contributed by atoms with Gasteiger partial charge in [-0.15, -0.1) is 0 Å². The predicted molar refractivity (Wildman–Crippen MR) is 123 cm³/mol. The average Bonchev–Trinajstić information content (AvgIpc) is 3.21. The van der Waals surface area contributed by atoms with Gasteiger partial charge >= 0.3 is 6.18 Å². The van der Waals surface area contributed by atoms with Crippen LogP contribution in [0.1, 0.15) is 83.5 Å². The second-order valence-electron chi connectivity index (χ2n) is 11.2. The van der Waals surface area contributed by atoms with Crippen LogP contribution in [0.5, 0.6) is 0 Å². The fraction of sp³-hybridized carbons (Fsp3) is 0.714. The molecule has 0 bridgehead atoms. The quantitative estimate of drug-likeness (QED) is 0.432. The van der Waals surface area contributed by atoms with Gasteiger partial charge in [-0.3, -0.25) is 0 Å². The van der Waals surface area contributed by atoms with Crippen molar-refractivity contribution in [1.29, 1.82) is 0 Å². The van der Waals surface area contributed by atoms with Crippen LogP contribution in [-0.4, -0.2) is 18.3 Å². The lowest BCUT2D eigenvalue weighted by atomic mass is 9.71. The summed E-state index contributed by atoms with van der Waals surface area (Å²) in [5.41, 5.74) is 5.67. The second-order valence-corrected chi connectivity index (χ2v) is 11.2. The normalized spacial score (nSPS) is 38.7. The zero-order chi connectivity index (χ0) is 22.6. The minimum atomic E-state index is -4.08. The summed E-state index contributed by atoms with van der Waals surface area (Å²) in [6.45, 7) is 0. The topological polar surface area (TPSA) is 21.3 Å². The first-order valence-electron chi connectivity index (χ1n) is 13.3. The maximum absolute atomic E-state index is 13.4. The van der Waals surface area contributed by atoms with Crippen molar-refractivity contribution in [1.82, 2.24) is 5.32 Å². The number of ether oxygens (including phenoxy) is 1. The molecule has 2 heterocycles. The van der Waals surface area contributed by atoms with Crippen LogP contribution < -0.4 is 5.32 Å². The number of alkyl halides is 3. The van der Waals surface area contributed by atoms with Gasteiger partial charge in [0.15, 0.2) is 0 Å². The predicted octanol–water partition coefficient (Wildman–Crippen LogP) is 7.50. The summed E-state index contributed by atoms with van der Waals surface area (Å²) in [6.07, 6.45) is 15.3. The Bertz CT molecular complexity index is 911. The summed E-state index contributed by atoms with van der Waals surface area (Å²) in [5, 5.41) is 3.93. The molecule has 0 radical (unpaired) electrons. The van der Waals surface area contributed by atoms with Gasteiger partial charge in [0.05, 0.1) is 5.92 Å². The lowest BCUT2D eigenvalue weighted by molar-refractivity contribution is -0.177. The molecule has 2 nitrogen and oxygen atoms in total. The average molecular weight is 460 g/mol. The molecule has 180 valence electrons. The number of nitrogens with one attached hydrogen (secondary N) is 1. The number of halogens is 3. The highest BCUT2D eigenvalue weighted by molar-refractivity contribution is 5.33. The molecular formula is C28H36F3NO. The SMILES string of the molecule is FC(F)(F)C1CCC=C(C2C=CC3OC4=C(CCCC4C4CCC5=C(CCCC5)N4)C3C2)C1. The molecule has 6 aliphatic rings. The van der Waals surface area contributed by atoms with Gasteiger partial charge in [0.25, 0.3) is 0 Å². The van der Waals surface area contributed by atoms with E-state index in [1.165, 1.54) is 68.4 Å². The molecule has 2 aliphatic heterocycles. The van der Waals surface area contributed by atoms with E-state index in [1.54, 1.807) is 5.57 Å². The van der Waals surface area contributed by atoms with Gasteiger partial charge in [-0.05, 0) is 101 Å². The van der Waals surface area contributed by atoms with E-state index in [-0.39, 0.29) is 24.9 Å². The molecule has 0 aromatic carbocycles. The van der Waals surface area contributed by atoms with E-state index < -0.39 is 12.1 Å². The summed E-state index contributed by atoms with van der Waals surface area (Å²) in [5.74, 6) is 0.997. The van der Waals surface area contributed by atoms with Crippen LogP contribution in [0.25, 0.3) is 0 Å². The third kappa shape index (κ3) is 4.08. The molecule has 6 rings (SSSR count). The summed E-state index contributed by atoms with van der Waals surface area (Å²) < 4.78 is 46.7. The Kier molecular flexibility index (Phi) is 5.65. The molecule has 33 heavy (non-hydrogen) atoms. The minimum Gasteiger partial charge on any atom is -0.490 e. The van der Waals surface area contributed by atoms with Crippen molar-refractivity contribution in [2.24, 2.45) is 23.7 Å². The van der Waals surface area contributed by atoms with E-state index in [9.17, 15) is 13.2 Å². The first-order valence-corrected chi connectivity index (χ1v) is 13.3. The highest BCUT2D eigenvalue weighted by atomic mass is 19.4. The van der Waals surface area contributed by atoms with E-state index in [4.69, 9.17) is 4.74 Å². The third-order valence-corrected chi connectivity index (χ3v) is 9.29. The summed E-state index contributed by atoms with van der Waals surface area (Å²) in [7, 11) is 0. The lowest BCUT2D eigenvalue weighted by Crippen LogP contribution is -2.41. The summed E-state index contributed by atoms with van der Waals surface area (Å²) in [4.78, 5) is 0. The largest absolute Gasteiger partial charge is 0.490 e. The molecule has 0 saturated heterocycles. The van der Waals surface area contributed by atoms with Gasteiger partial charge in [-0.25, -0.2) is 0 Å². The molecule has 1 N–H and O–H groups in total. The number of hydrogen-bond donors (Lipinski definition) is 1. The van der Waals surface area contributed by atoms with Crippen LogP contribution in [0.3, 0.4) is 0 Å².